The molecule has 0 saturated carbocycles. The first-order valence-electron chi connectivity index (χ1n) is 15.8. The van der Waals surface area contributed by atoms with E-state index in [4.69, 9.17) is 0 Å². The van der Waals surface area contributed by atoms with Gasteiger partial charge in [-0.05, 0) is 26.2 Å². The number of unbranched alkanes of at least 4 members (excludes halogenated alkanes) is 19. The lowest BCUT2D eigenvalue weighted by Gasteiger charge is -2.14. The van der Waals surface area contributed by atoms with Gasteiger partial charge in [0, 0.05) is 0 Å². The third-order valence-electron chi connectivity index (χ3n) is 7.90. The molecular weight excluding hydrogens is 412 g/mol. The van der Waals surface area contributed by atoms with Gasteiger partial charge in [-0.2, -0.15) is 0 Å². The molecule has 2 atom stereocenters. The van der Waals surface area contributed by atoms with Crippen molar-refractivity contribution in [2.75, 3.05) is 0 Å². The Bertz CT molecular complexity index is 535. The Morgan fingerprint density at radius 2 is 0.941 bits per heavy atom. The fourth-order valence-electron chi connectivity index (χ4n) is 5.46. The highest BCUT2D eigenvalue weighted by atomic mass is 15.1. The van der Waals surface area contributed by atoms with Gasteiger partial charge in [0.1, 0.15) is 12.4 Å². The molecule has 0 aliphatic rings. The summed E-state index contributed by atoms with van der Waals surface area (Å²) in [4.78, 5) is 3.57. The van der Waals surface area contributed by atoms with Crippen molar-refractivity contribution in [3.05, 3.63) is 18.2 Å². The molecule has 200 valence electrons. The summed E-state index contributed by atoms with van der Waals surface area (Å²) in [7, 11) is 0. The van der Waals surface area contributed by atoms with Gasteiger partial charge < -0.3 is 0 Å². The van der Waals surface area contributed by atoms with E-state index in [0.29, 0.717) is 12.0 Å². The van der Waals surface area contributed by atoms with Crippen molar-refractivity contribution in [2.45, 2.75) is 187 Å². The second-order valence-corrected chi connectivity index (χ2v) is 11.3. The Morgan fingerprint density at radius 3 is 1.38 bits per heavy atom. The molecule has 2 heteroatoms. The quantitative estimate of drug-likeness (QED) is 0.107. The maximum atomic E-state index is 3.57. The van der Waals surface area contributed by atoms with Crippen LogP contribution in [0.25, 0.3) is 0 Å². The minimum atomic E-state index is 0.620. The fraction of sp³-hybridized carbons (Fsp3) is 0.906. The molecule has 1 rings (SSSR count). The van der Waals surface area contributed by atoms with Crippen LogP contribution >= 0.6 is 0 Å². The van der Waals surface area contributed by atoms with E-state index < -0.39 is 0 Å². The Labute approximate surface area is 215 Å². The Morgan fingerprint density at radius 1 is 0.559 bits per heavy atom. The predicted molar refractivity (Wildman–Crippen MR) is 152 cm³/mol. The average Bonchev–Trinajstić information content (AvgIpc) is 3.34. The van der Waals surface area contributed by atoms with E-state index in [2.05, 4.69) is 49.6 Å². The van der Waals surface area contributed by atoms with Crippen molar-refractivity contribution < 1.29 is 4.57 Å². The number of hydrogen-bond donors (Lipinski definition) is 1. The van der Waals surface area contributed by atoms with Gasteiger partial charge in [-0.15, -0.1) is 0 Å². The normalized spacial score (nSPS) is 13.4. The van der Waals surface area contributed by atoms with Crippen LogP contribution in [0.3, 0.4) is 0 Å². The molecule has 0 amide bonds. The number of nitrogens with one attached hydrogen (secondary N) is 1. The number of hydrogen-bond acceptors (Lipinski definition) is 0. The van der Waals surface area contributed by atoms with Gasteiger partial charge in [0.25, 0.3) is 5.82 Å². The summed E-state index contributed by atoms with van der Waals surface area (Å²) < 4.78 is 2.54. The first-order chi connectivity index (χ1) is 16.7. The molecule has 0 radical (unpaired) electrons. The number of imidazole rings is 1. The second kappa shape index (κ2) is 22.7. The Balaban J connectivity index is 2.05. The number of rotatable bonds is 25. The topological polar surface area (TPSA) is 19.7 Å². The van der Waals surface area contributed by atoms with Gasteiger partial charge in [0.2, 0.25) is 0 Å². The van der Waals surface area contributed by atoms with Gasteiger partial charge in [-0.1, -0.05) is 149 Å². The molecule has 0 fully saturated rings. The lowest BCUT2D eigenvalue weighted by Crippen LogP contribution is -2.40. The zero-order valence-corrected chi connectivity index (χ0v) is 24.0. The summed E-state index contributed by atoms with van der Waals surface area (Å²) >= 11 is 0. The summed E-state index contributed by atoms with van der Waals surface area (Å²) in [5, 5.41) is 0. The highest BCUT2D eigenvalue weighted by molar-refractivity contribution is 4.87. The third kappa shape index (κ3) is 16.0. The monoisotopic (exact) mass is 475 g/mol. The van der Waals surface area contributed by atoms with Crippen LogP contribution in [0.15, 0.2) is 12.4 Å². The number of aromatic nitrogens is 2. The van der Waals surface area contributed by atoms with E-state index in [9.17, 15) is 0 Å². The molecule has 2 unspecified atom stereocenters. The number of nitrogens with zero attached hydrogens (tertiary/aromatic N) is 1. The SMILES string of the molecule is CCCCCCCCCCCCCCCC(C)[n+]1cc[nH]c1C(C)CCCCCCCCCC. The molecule has 1 aromatic rings. The molecule has 0 aliphatic heterocycles. The van der Waals surface area contributed by atoms with Crippen molar-refractivity contribution >= 4 is 0 Å². The number of H-pyrrole nitrogens is 1. The molecule has 2 nitrogen and oxygen atoms in total. The average molecular weight is 476 g/mol. The minimum Gasteiger partial charge on any atom is -0.247 e. The molecule has 34 heavy (non-hydrogen) atoms. The van der Waals surface area contributed by atoms with E-state index in [0.717, 1.165) is 0 Å². The van der Waals surface area contributed by atoms with Gasteiger partial charge in [-0.3, -0.25) is 0 Å². The maximum absolute atomic E-state index is 3.57. The Hall–Kier alpha value is -0.790. The molecule has 0 spiro atoms. The Kier molecular flexibility index (Phi) is 20.8. The van der Waals surface area contributed by atoms with Gasteiger partial charge in [0.05, 0.1) is 12.0 Å². The van der Waals surface area contributed by atoms with E-state index in [1.807, 2.05) is 0 Å². The van der Waals surface area contributed by atoms with Gasteiger partial charge in [-0.25, -0.2) is 9.55 Å². The van der Waals surface area contributed by atoms with Crippen LogP contribution in [0, 0.1) is 0 Å². The zero-order valence-electron chi connectivity index (χ0n) is 24.0. The smallest absolute Gasteiger partial charge is 0.247 e. The lowest BCUT2D eigenvalue weighted by atomic mass is 10.00. The van der Waals surface area contributed by atoms with Crippen molar-refractivity contribution in [2.24, 2.45) is 0 Å². The minimum absolute atomic E-state index is 0.620. The summed E-state index contributed by atoms with van der Waals surface area (Å²) in [5.74, 6) is 2.09. The van der Waals surface area contributed by atoms with E-state index in [1.54, 1.807) is 0 Å². The largest absolute Gasteiger partial charge is 0.257 e. The molecule has 1 heterocycles. The van der Waals surface area contributed by atoms with Crippen LogP contribution in [-0.2, 0) is 0 Å². The van der Waals surface area contributed by atoms with Crippen LogP contribution in [0.5, 0.6) is 0 Å². The second-order valence-electron chi connectivity index (χ2n) is 11.3. The van der Waals surface area contributed by atoms with Crippen molar-refractivity contribution in [1.82, 2.24) is 4.98 Å². The van der Waals surface area contributed by atoms with Crippen LogP contribution in [0.4, 0.5) is 0 Å². The standard InChI is InChI=1S/C32H62N2/c1-5-7-9-11-13-15-16-17-18-19-21-23-25-27-31(4)34-29-28-33-32(34)30(3)26-24-22-20-14-12-10-8-6-2/h28-31H,5-27H2,1-4H3/p+1. The van der Waals surface area contributed by atoms with E-state index in [1.165, 1.54) is 154 Å². The molecular formula is C32H63N2+. The first kappa shape index (κ1) is 31.2. The molecule has 0 bridgehead atoms. The molecule has 1 N–H and O–H groups in total. The summed E-state index contributed by atoms with van der Waals surface area (Å²) in [5.41, 5.74) is 0. The van der Waals surface area contributed by atoms with Crippen molar-refractivity contribution in [3.8, 4) is 0 Å². The summed E-state index contributed by atoms with van der Waals surface area (Å²) in [6.45, 7) is 9.44. The van der Waals surface area contributed by atoms with Crippen molar-refractivity contribution in [1.29, 1.82) is 0 Å². The number of aromatic amines is 1. The van der Waals surface area contributed by atoms with E-state index in [-0.39, 0.29) is 0 Å². The summed E-state index contributed by atoms with van der Waals surface area (Å²) in [6, 6.07) is 0.620. The predicted octanol–water partition coefficient (Wildman–Crippen LogP) is 11.0. The molecule has 1 aromatic heterocycles. The van der Waals surface area contributed by atoms with Gasteiger partial charge in [0.15, 0.2) is 0 Å². The highest BCUT2D eigenvalue weighted by Crippen LogP contribution is 2.21. The molecule has 0 saturated heterocycles. The van der Waals surface area contributed by atoms with Crippen LogP contribution in [0.1, 0.15) is 193 Å². The van der Waals surface area contributed by atoms with Crippen LogP contribution in [0.2, 0.25) is 0 Å². The first-order valence-corrected chi connectivity index (χ1v) is 15.8. The van der Waals surface area contributed by atoms with Crippen molar-refractivity contribution in [3.63, 3.8) is 0 Å². The van der Waals surface area contributed by atoms with Crippen LogP contribution in [-0.4, -0.2) is 4.98 Å². The lowest BCUT2D eigenvalue weighted by molar-refractivity contribution is -0.727. The third-order valence-corrected chi connectivity index (χ3v) is 7.90. The van der Waals surface area contributed by atoms with Gasteiger partial charge >= 0.3 is 0 Å². The van der Waals surface area contributed by atoms with E-state index >= 15 is 0 Å². The highest BCUT2D eigenvalue weighted by Gasteiger charge is 2.22. The zero-order chi connectivity index (χ0) is 24.7. The fourth-order valence-corrected chi connectivity index (χ4v) is 5.46. The maximum Gasteiger partial charge on any atom is 0.257 e. The molecule has 0 aliphatic carbocycles. The van der Waals surface area contributed by atoms with Crippen LogP contribution < -0.4 is 4.57 Å². The summed E-state index contributed by atoms with van der Waals surface area (Å²) in [6.07, 6.45) is 37.1. The molecule has 0 aromatic carbocycles.